The van der Waals surface area contributed by atoms with Crippen molar-refractivity contribution in [2.45, 2.75) is 18.9 Å². The Kier molecular flexibility index (Phi) is 3.69. The van der Waals surface area contributed by atoms with Gasteiger partial charge in [0.25, 0.3) is 5.91 Å². The Labute approximate surface area is 135 Å². The number of benzene rings is 1. The summed E-state index contributed by atoms with van der Waals surface area (Å²) in [5.74, 6) is 1.24. The van der Waals surface area contributed by atoms with Gasteiger partial charge < -0.3 is 20.9 Å². The van der Waals surface area contributed by atoms with E-state index in [1.54, 1.807) is 6.07 Å². The zero-order valence-corrected chi connectivity index (χ0v) is 13.0. The average Bonchev–Trinajstić information content (AvgIpc) is 3.08. The molecule has 0 unspecified atom stereocenters. The molecule has 0 spiro atoms. The third kappa shape index (κ3) is 3.17. The molecule has 2 heterocycles. The summed E-state index contributed by atoms with van der Waals surface area (Å²) >= 11 is 0. The molecule has 4 rings (SSSR count). The van der Waals surface area contributed by atoms with Gasteiger partial charge in [0.2, 0.25) is 0 Å². The number of nitrogens with one attached hydrogen (secondary N) is 3. The summed E-state index contributed by atoms with van der Waals surface area (Å²) in [5, 5.41) is 9.07. The highest BCUT2D eigenvalue weighted by atomic mass is 16.2. The van der Waals surface area contributed by atoms with Gasteiger partial charge in [0.1, 0.15) is 0 Å². The van der Waals surface area contributed by atoms with Gasteiger partial charge in [-0.2, -0.15) is 0 Å². The maximum Gasteiger partial charge on any atom is 0.319 e. The smallest absolute Gasteiger partial charge is 0.319 e. The van der Waals surface area contributed by atoms with Crippen molar-refractivity contribution in [3.8, 4) is 0 Å². The molecule has 6 nitrogen and oxygen atoms in total. The number of urea groups is 1. The number of hydrogen-bond acceptors (Lipinski definition) is 3. The van der Waals surface area contributed by atoms with Crippen molar-refractivity contribution >= 4 is 17.6 Å². The first-order valence-electron chi connectivity index (χ1n) is 8.36. The van der Waals surface area contributed by atoms with E-state index in [9.17, 15) is 9.59 Å². The van der Waals surface area contributed by atoms with E-state index in [0.29, 0.717) is 29.1 Å². The molecule has 3 aliphatic rings. The van der Waals surface area contributed by atoms with Crippen LogP contribution in [0, 0.1) is 11.8 Å². The lowest BCUT2D eigenvalue weighted by atomic mass is 10.0. The van der Waals surface area contributed by atoms with Crippen molar-refractivity contribution in [1.82, 2.24) is 15.5 Å². The molecule has 122 valence electrons. The summed E-state index contributed by atoms with van der Waals surface area (Å²) < 4.78 is 0. The molecule has 1 aromatic rings. The highest BCUT2D eigenvalue weighted by Gasteiger charge is 2.38. The normalized spacial score (nSPS) is 26.0. The van der Waals surface area contributed by atoms with Crippen molar-refractivity contribution in [3.63, 3.8) is 0 Å². The Balaban J connectivity index is 1.41. The lowest BCUT2D eigenvalue weighted by Gasteiger charge is -2.18. The summed E-state index contributed by atoms with van der Waals surface area (Å²) in [5.41, 5.74) is 1.30. The number of amides is 3. The maximum absolute atomic E-state index is 12.7. The lowest BCUT2D eigenvalue weighted by molar-refractivity contribution is 0.0781. The van der Waals surface area contributed by atoms with Crippen LogP contribution in [0.15, 0.2) is 24.3 Å². The van der Waals surface area contributed by atoms with Gasteiger partial charge in [-0.15, -0.1) is 0 Å². The first kappa shape index (κ1) is 14.5. The molecule has 0 radical (unpaired) electrons. The largest absolute Gasteiger partial charge is 0.338 e. The molecule has 2 atom stereocenters. The van der Waals surface area contributed by atoms with Crippen LogP contribution >= 0.6 is 0 Å². The van der Waals surface area contributed by atoms with E-state index in [0.717, 1.165) is 39.0 Å². The summed E-state index contributed by atoms with van der Waals surface area (Å²) in [6, 6.07) is 7.33. The average molecular weight is 314 g/mol. The van der Waals surface area contributed by atoms with E-state index >= 15 is 0 Å². The molecule has 0 bridgehead atoms. The second kappa shape index (κ2) is 5.85. The number of fused-ring (bicyclic) bond motifs is 1. The second-order valence-corrected chi connectivity index (χ2v) is 6.84. The number of carbonyl (C=O) groups excluding carboxylic acids is 2. The molecule has 23 heavy (non-hydrogen) atoms. The van der Waals surface area contributed by atoms with Crippen molar-refractivity contribution in [1.29, 1.82) is 0 Å². The van der Waals surface area contributed by atoms with Crippen LogP contribution in [0.4, 0.5) is 10.5 Å². The van der Waals surface area contributed by atoms with Crippen LogP contribution in [-0.4, -0.2) is 49.1 Å². The molecule has 3 amide bonds. The fourth-order valence-electron chi connectivity index (χ4n) is 3.51. The zero-order chi connectivity index (χ0) is 15.8. The van der Waals surface area contributed by atoms with Gasteiger partial charge in [-0.1, -0.05) is 6.07 Å². The van der Waals surface area contributed by atoms with E-state index in [1.807, 2.05) is 23.1 Å². The monoisotopic (exact) mass is 314 g/mol. The molecule has 1 aromatic carbocycles. The summed E-state index contributed by atoms with van der Waals surface area (Å²) in [6.07, 6.45) is 2.11. The highest BCUT2D eigenvalue weighted by Crippen LogP contribution is 2.27. The van der Waals surface area contributed by atoms with E-state index in [1.165, 1.54) is 0 Å². The molecule has 1 saturated carbocycles. The number of hydrogen-bond donors (Lipinski definition) is 3. The van der Waals surface area contributed by atoms with Gasteiger partial charge in [-0.05, 0) is 42.9 Å². The molecule has 2 saturated heterocycles. The molecule has 3 N–H and O–H groups in total. The molecule has 2 aliphatic heterocycles. The van der Waals surface area contributed by atoms with Crippen molar-refractivity contribution in [2.24, 2.45) is 11.8 Å². The first-order valence-corrected chi connectivity index (χ1v) is 8.36. The van der Waals surface area contributed by atoms with E-state index in [4.69, 9.17) is 0 Å². The van der Waals surface area contributed by atoms with Crippen LogP contribution in [0.5, 0.6) is 0 Å². The predicted molar refractivity (Wildman–Crippen MR) is 87.4 cm³/mol. The van der Waals surface area contributed by atoms with Crippen molar-refractivity contribution < 1.29 is 9.59 Å². The number of rotatable bonds is 3. The van der Waals surface area contributed by atoms with Crippen LogP contribution < -0.4 is 16.0 Å². The standard InChI is InChI=1S/C17H22N4O2/c22-16(21-9-12-7-18-8-13(12)10-21)11-2-1-3-15(6-11)20-17(23)19-14-4-5-14/h1-3,6,12-14,18H,4-5,7-10H2,(H2,19,20,23)/t12-,13+. The van der Waals surface area contributed by atoms with Gasteiger partial charge in [0.15, 0.2) is 0 Å². The van der Waals surface area contributed by atoms with Crippen molar-refractivity contribution in [3.05, 3.63) is 29.8 Å². The van der Waals surface area contributed by atoms with Gasteiger partial charge in [-0.25, -0.2) is 4.79 Å². The zero-order valence-electron chi connectivity index (χ0n) is 13.0. The number of anilines is 1. The van der Waals surface area contributed by atoms with Gasteiger partial charge >= 0.3 is 6.03 Å². The number of likely N-dealkylation sites (tertiary alicyclic amines) is 1. The fourth-order valence-corrected chi connectivity index (χ4v) is 3.51. The lowest BCUT2D eigenvalue weighted by Crippen LogP contribution is -2.32. The summed E-state index contributed by atoms with van der Waals surface area (Å²) in [7, 11) is 0. The van der Waals surface area contributed by atoms with Gasteiger partial charge in [-0.3, -0.25) is 4.79 Å². The Bertz CT molecular complexity index is 617. The van der Waals surface area contributed by atoms with Gasteiger partial charge in [0, 0.05) is 43.5 Å². The minimum absolute atomic E-state index is 0.0608. The molecule has 6 heteroatoms. The van der Waals surface area contributed by atoms with Crippen LogP contribution in [0.3, 0.4) is 0 Å². The quantitative estimate of drug-likeness (QED) is 0.786. The Morgan fingerprint density at radius 3 is 2.57 bits per heavy atom. The minimum atomic E-state index is -0.195. The molecule has 3 fully saturated rings. The summed E-state index contributed by atoms with van der Waals surface area (Å²) in [6.45, 7) is 3.68. The Morgan fingerprint density at radius 1 is 1.13 bits per heavy atom. The Hall–Kier alpha value is -2.08. The topological polar surface area (TPSA) is 73.5 Å². The third-order valence-corrected chi connectivity index (χ3v) is 4.96. The molecule has 0 aromatic heterocycles. The van der Waals surface area contributed by atoms with E-state index < -0.39 is 0 Å². The molecular weight excluding hydrogens is 292 g/mol. The van der Waals surface area contributed by atoms with Crippen LogP contribution in [0.2, 0.25) is 0 Å². The van der Waals surface area contributed by atoms with Gasteiger partial charge in [0.05, 0.1) is 0 Å². The fraction of sp³-hybridized carbons (Fsp3) is 0.529. The SMILES string of the molecule is O=C(Nc1cccc(C(=O)N2C[C@H]3CNC[C@H]3C2)c1)NC1CC1. The first-order chi connectivity index (χ1) is 11.2. The predicted octanol–water partition coefficient (Wildman–Crippen LogP) is 1.26. The maximum atomic E-state index is 12.7. The number of carbonyl (C=O) groups is 2. The Morgan fingerprint density at radius 2 is 1.87 bits per heavy atom. The van der Waals surface area contributed by atoms with Crippen LogP contribution in [0.1, 0.15) is 23.2 Å². The van der Waals surface area contributed by atoms with Crippen LogP contribution in [-0.2, 0) is 0 Å². The van der Waals surface area contributed by atoms with E-state index in [2.05, 4.69) is 16.0 Å². The van der Waals surface area contributed by atoms with Crippen LogP contribution in [0.25, 0.3) is 0 Å². The minimum Gasteiger partial charge on any atom is -0.338 e. The highest BCUT2D eigenvalue weighted by molar-refractivity contribution is 5.97. The van der Waals surface area contributed by atoms with E-state index in [-0.39, 0.29) is 11.9 Å². The van der Waals surface area contributed by atoms with Crippen molar-refractivity contribution in [2.75, 3.05) is 31.5 Å². The summed E-state index contributed by atoms with van der Waals surface area (Å²) in [4.78, 5) is 26.4. The second-order valence-electron chi connectivity index (χ2n) is 6.84. The third-order valence-electron chi connectivity index (χ3n) is 4.96. The molecule has 1 aliphatic carbocycles. The number of nitrogens with zero attached hydrogens (tertiary/aromatic N) is 1. The molecular formula is C17H22N4O2.